The van der Waals surface area contributed by atoms with Gasteiger partial charge in [0.2, 0.25) is 5.13 Å². The average molecular weight is 473 g/mol. The van der Waals surface area contributed by atoms with Crippen LogP contribution in [0.25, 0.3) is 0 Å². The highest BCUT2D eigenvalue weighted by molar-refractivity contribution is 7.93. The Balaban J connectivity index is 1.66. The fourth-order valence-electron chi connectivity index (χ4n) is 3.98. The summed E-state index contributed by atoms with van der Waals surface area (Å²) in [5.74, 6) is 0.274. The summed E-state index contributed by atoms with van der Waals surface area (Å²) in [5.41, 5.74) is 13.1. The summed E-state index contributed by atoms with van der Waals surface area (Å²) in [6.45, 7) is 3.39. The van der Waals surface area contributed by atoms with Gasteiger partial charge in [-0.3, -0.25) is 4.72 Å². The SMILES string of the molecule is CC(N)C(CNc1ccc(S(=O)(=O)Nc2ncns2)cc1Cl)CC1(CCN)CCC1. The van der Waals surface area contributed by atoms with Crippen LogP contribution in [0.4, 0.5) is 10.8 Å². The molecule has 1 aliphatic rings. The number of halogens is 1. The molecule has 166 valence electrons. The highest BCUT2D eigenvalue weighted by Gasteiger charge is 2.38. The lowest BCUT2D eigenvalue weighted by Gasteiger charge is -2.45. The van der Waals surface area contributed by atoms with Crippen LogP contribution in [0.1, 0.15) is 39.0 Å². The molecule has 2 aromatic rings. The Hall–Kier alpha value is -1.46. The number of nitrogens with zero attached hydrogens (tertiary/aromatic N) is 2. The number of hydrogen-bond acceptors (Lipinski definition) is 8. The molecule has 1 aliphatic carbocycles. The number of anilines is 2. The number of rotatable bonds is 11. The first-order chi connectivity index (χ1) is 14.2. The number of sulfonamides is 1. The van der Waals surface area contributed by atoms with E-state index in [4.69, 9.17) is 23.1 Å². The fraction of sp³-hybridized carbons (Fsp3) is 0.579. The zero-order valence-electron chi connectivity index (χ0n) is 17.0. The van der Waals surface area contributed by atoms with Gasteiger partial charge in [0.15, 0.2) is 0 Å². The van der Waals surface area contributed by atoms with Crippen molar-refractivity contribution >= 4 is 44.0 Å². The van der Waals surface area contributed by atoms with Crippen LogP contribution < -0.4 is 21.5 Å². The van der Waals surface area contributed by atoms with E-state index in [-0.39, 0.29) is 22.0 Å². The molecule has 0 bridgehead atoms. The summed E-state index contributed by atoms with van der Waals surface area (Å²) in [4.78, 5) is 3.90. The van der Waals surface area contributed by atoms with Crippen molar-refractivity contribution in [3.63, 3.8) is 0 Å². The van der Waals surface area contributed by atoms with Gasteiger partial charge in [-0.25, -0.2) is 13.4 Å². The van der Waals surface area contributed by atoms with E-state index in [1.165, 1.54) is 37.7 Å². The first kappa shape index (κ1) is 23.2. The van der Waals surface area contributed by atoms with Crippen LogP contribution in [0.15, 0.2) is 29.4 Å². The fourth-order valence-corrected chi connectivity index (χ4v) is 5.98. The van der Waals surface area contributed by atoms with Crippen molar-refractivity contribution < 1.29 is 8.42 Å². The van der Waals surface area contributed by atoms with E-state index in [1.807, 2.05) is 6.92 Å². The molecule has 8 nitrogen and oxygen atoms in total. The third-order valence-electron chi connectivity index (χ3n) is 5.92. The van der Waals surface area contributed by atoms with Gasteiger partial charge in [0.25, 0.3) is 10.0 Å². The number of nitrogens with one attached hydrogen (secondary N) is 2. The molecule has 0 saturated heterocycles. The molecule has 0 amide bonds. The van der Waals surface area contributed by atoms with Gasteiger partial charge in [0.05, 0.1) is 15.6 Å². The van der Waals surface area contributed by atoms with Crippen LogP contribution in [0.2, 0.25) is 5.02 Å². The molecule has 30 heavy (non-hydrogen) atoms. The van der Waals surface area contributed by atoms with Crippen molar-refractivity contribution in [1.82, 2.24) is 9.36 Å². The molecule has 1 aromatic carbocycles. The van der Waals surface area contributed by atoms with Crippen LogP contribution >= 0.6 is 23.1 Å². The van der Waals surface area contributed by atoms with Crippen molar-refractivity contribution in [3.8, 4) is 0 Å². The smallest absolute Gasteiger partial charge is 0.263 e. The zero-order valence-corrected chi connectivity index (χ0v) is 19.4. The highest BCUT2D eigenvalue weighted by Crippen LogP contribution is 2.48. The largest absolute Gasteiger partial charge is 0.384 e. The van der Waals surface area contributed by atoms with Gasteiger partial charge >= 0.3 is 0 Å². The molecule has 1 fully saturated rings. The van der Waals surface area contributed by atoms with Gasteiger partial charge in [-0.1, -0.05) is 18.0 Å². The predicted octanol–water partition coefficient (Wildman–Crippen LogP) is 3.28. The lowest BCUT2D eigenvalue weighted by atomic mass is 9.61. The van der Waals surface area contributed by atoms with Crippen molar-refractivity contribution in [2.24, 2.45) is 22.8 Å². The van der Waals surface area contributed by atoms with E-state index in [1.54, 1.807) is 6.07 Å². The summed E-state index contributed by atoms with van der Waals surface area (Å²) < 4.78 is 31.2. The molecule has 1 saturated carbocycles. The summed E-state index contributed by atoms with van der Waals surface area (Å²) in [6.07, 6.45) is 7.03. The first-order valence-corrected chi connectivity index (χ1v) is 12.7. The average Bonchev–Trinajstić information content (AvgIpc) is 3.15. The van der Waals surface area contributed by atoms with Crippen LogP contribution in [-0.4, -0.2) is 36.9 Å². The minimum absolute atomic E-state index is 0.0299. The van der Waals surface area contributed by atoms with E-state index in [0.717, 1.165) is 24.4 Å². The quantitative estimate of drug-likeness (QED) is 0.394. The molecule has 6 N–H and O–H groups in total. The molecule has 0 radical (unpaired) electrons. The topological polar surface area (TPSA) is 136 Å². The Labute approximate surface area is 187 Å². The third kappa shape index (κ3) is 5.61. The molecule has 1 heterocycles. The lowest BCUT2D eigenvalue weighted by molar-refractivity contribution is 0.0816. The Morgan fingerprint density at radius 2 is 2.13 bits per heavy atom. The van der Waals surface area contributed by atoms with Gasteiger partial charge in [-0.2, -0.15) is 4.37 Å². The summed E-state index contributed by atoms with van der Waals surface area (Å²) in [7, 11) is -3.78. The van der Waals surface area contributed by atoms with E-state index in [2.05, 4.69) is 19.4 Å². The first-order valence-electron chi connectivity index (χ1n) is 10.0. The van der Waals surface area contributed by atoms with Gasteiger partial charge < -0.3 is 16.8 Å². The van der Waals surface area contributed by atoms with Gasteiger partial charge in [-0.05, 0) is 68.7 Å². The molecule has 0 aliphatic heterocycles. The van der Waals surface area contributed by atoms with E-state index >= 15 is 0 Å². The van der Waals surface area contributed by atoms with Gasteiger partial charge in [-0.15, -0.1) is 0 Å². The standard InChI is InChI=1S/C19H29ClN6O2S2/c1-13(22)14(10-19(7-8-21)5-2-6-19)11-23-17-4-3-15(9-16(17)20)30(27,28)26-18-24-12-25-29-18/h3-4,9,12-14,23H,2,5-8,10-11,21-22H2,1H3,(H,24,25,26). The minimum Gasteiger partial charge on any atom is -0.384 e. The number of aromatic nitrogens is 2. The molecule has 2 atom stereocenters. The molecule has 11 heteroatoms. The second kappa shape index (κ2) is 9.78. The minimum atomic E-state index is -3.78. The second-order valence-electron chi connectivity index (χ2n) is 8.09. The summed E-state index contributed by atoms with van der Waals surface area (Å²) in [6, 6.07) is 4.65. The molecule has 0 spiro atoms. The second-order valence-corrected chi connectivity index (χ2v) is 11.0. The number of benzene rings is 1. The van der Waals surface area contributed by atoms with Gasteiger partial charge in [0.1, 0.15) is 6.33 Å². The number of nitrogens with two attached hydrogens (primary N) is 2. The highest BCUT2D eigenvalue weighted by atomic mass is 35.5. The molecule has 3 rings (SSSR count). The van der Waals surface area contributed by atoms with Crippen molar-refractivity contribution in [2.75, 3.05) is 23.1 Å². The summed E-state index contributed by atoms with van der Waals surface area (Å²) >= 11 is 7.34. The lowest BCUT2D eigenvalue weighted by Crippen LogP contribution is -2.41. The Morgan fingerprint density at radius 1 is 1.37 bits per heavy atom. The van der Waals surface area contributed by atoms with Gasteiger partial charge in [0, 0.05) is 24.1 Å². The van der Waals surface area contributed by atoms with Crippen molar-refractivity contribution in [1.29, 1.82) is 0 Å². The maximum Gasteiger partial charge on any atom is 0.263 e. The molecule has 2 unspecified atom stereocenters. The van der Waals surface area contributed by atoms with Crippen LogP contribution in [0.3, 0.4) is 0 Å². The van der Waals surface area contributed by atoms with E-state index < -0.39 is 10.0 Å². The Morgan fingerprint density at radius 3 is 2.67 bits per heavy atom. The molecular formula is C19H29ClN6O2S2. The van der Waals surface area contributed by atoms with Crippen LogP contribution in [0, 0.1) is 11.3 Å². The third-order valence-corrected chi connectivity index (χ3v) is 8.27. The number of hydrogen-bond donors (Lipinski definition) is 4. The van der Waals surface area contributed by atoms with Crippen LogP contribution in [-0.2, 0) is 10.0 Å². The van der Waals surface area contributed by atoms with E-state index in [0.29, 0.717) is 29.2 Å². The normalized spacial score (nSPS) is 17.7. The monoisotopic (exact) mass is 472 g/mol. The maximum absolute atomic E-state index is 12.5. The zero-order chi connectivity index (χ0) is 21.8. The Bertz CT molecular complexity index is 933. The molecule has 1 aromatic heterocycles. The van der Waals surface area contributed by atoms with Crippen molar-refractivity contribution in [2.45, 2.75) is 50.0 Å². The molecular weight excluding hydrogens is 444 g/mol. The maximum atomic E-state index is 12.5. The van der Waals surface area contributed by atoms with E-state index in [9.17, 15) is 8.42 Å². The van der Waals surface area contributed by atoms with Crippen LogP contribution in [0.5, 0.6) is 0 Å². The van der Waals surface area contributed by atoms with Crippen molar-refractivity contribution in [3.05, 3.63) is 29.5 Å². The summed E-state index contributed by atoms with van der Waals surface area (Å²) in [5, 5.41) is 3.89. The Kier molecular flexibility index (Phi) is 7.56. The predicted molar refractivity (Wildman–Crippen MR) is 122 cm³/mol.